The number of piperidine rings is 1. The number of likely N-dealkylation sites (tertiary alicyclic amines) is 1. The molecule has 88 valence electrons. The van der Waals surface area contributed by atoms with E-state index in [0.29, 0.717) is 6.04 Å². The van der Waals surface area contributed by atoms with E-state index in [2.05, 4.69) is 9.80 Å². The normalized spacial score (nSPS) is 30.6. The first-order valence-corrected chi connectivity index (χ1v) is 6.12. The molecule has 0 saturated carbocycles. The van der Waals surface area contributed by atoms with Gasteiger partial charge in [-0.3, -0.25) is 4.90 Å². The Morgan fingerprint density at radius 2 is 1.80 bits per heavy atom. The summed E-state index contributed by atoms with van der Waals surface area (Å²) in [5.41, 5.74) is 5.96. The third kappa shape index (κ3) is 3.72. The fourth-order valence-corrected chi connectivity index (χ4v) is 2.40. The van der Waals surface area contributed by atoms with E-state index < -0.39 is 0 Å². The van der Waals surface area contributed by atoms with Crippen molar-refractivity contribution in [2.45, 2.75) is 18.9 Å². The molecule has 0 aromatic rings. The molecule has 0 amide bonds. The van der Waals surface area contributed by atoms with E-state index >= 15 is 0 Å². The standard InChI is InChI=1S/C11H23N3O/c12-11-2-1-3-14(10-11)5-4-13-6-8-15-9-7-13/h11H,1-10,12H2. The zero-order valence-electron chi connectivity index (χ0n) is 9.53. The minimum atomic E-state index is 0.406. The van der Waals surface area contributed by atoms with Gasteiger partial charge >= 0.3 is 0 Å². The molecule has 0 radical (unpaired) electrons. The van der Waals surface area contributed by atoms with Crippen LogP contribution in [-0.4, -0.2) is 68.3 Å². The molecule has 0 bridgehead atoms. The van der Waals surface area contributed by atoms with Crippen LogP contribution in [0.15, 0.2) is 0 Å². The zero-order chi connectivity index (χ0) is 10.5. The number of rotatable bonds is 3. The molecule has 2 heterocycles. The topological polar surface area (TPSA) is 41.7 Å². The van der Waals surface area contributed by atoms with Crippen LogP contribution in [0.3, 0.4) is 0 Å². The quantitative estimate of drug-likeness (QED) is 0.701. The van der Waals surface area contributed by atoms with Crippen LogP contribution in [0.2, 0.25) is 0 Å². The molecule has 4 heteroatoms. The summed E-state index contributed by atoms with van der Waals surface area (Å²) in [5, 5.41) is 0. The first kappa shape index (κ1) is 11.3. The molecule has 1 unspecified atom stereocenters. The number of hydrogen-bond acceptors (Lipinski definition) is 4. The number of ether oxygens (including phenoxy) is 1. The lowest BCUT2D eigenvalue weighted by molar-refractivity contribution is 0.0320. The summed E-state index contributed by atoms with van der Waals surface area (Å²) in [6, 6.07) is 0.406. The molecule has 2 saturated heterocycles. The van der Waals surface area contributed by atoms with E-state index in [4.69, 9.17) is 10.5 Å². The lowest BCUT2D eigenvalue weighted by Gasteiger charge is -2.33. The van der Waals surface area contributed by atoms with E-state index in [1.54, 1.807) is 0 Å². The van der Waals surface area contributed by atoms with Crippen LogP contribution in [0.25, 0.3) is 0 Å². The third-order valence-electron chi connectivity index (χ3n) is 3.38. The van der Waals surface area contributed by atoms with Crippen LogP contribution in [0.5, 0.6) is 0 Å². The maximum Gasteiger partial charge on any atom is 0.0594 e. The fraction of sp³-hybridized carbons (Fsp3) is 1.00. The molecule has 4 nitrogen and oxygen atoms in total. The Hall–Kier alpha value is -0.160. The number of nitrogens with two attached hydrogens (primary N) is 1. The van der Waals surface area contributed by atoms with E-state index in [9.17, 15) is 0 Å². The van der Waals surface area contributed by atoms with Crippen LogP contribution in [0.1, 0.15) is 12.8 Å². The molecular weight excluding hydrogens is 190 g/mol. The van der Waals surface area contributed by atoms with Gasteiger partial charge in [0.05, 0.1) is 13.2 Å². The molecule has 0 aromatic carbocycles. The first-order chi connectivity index (χ1) is 7.34. The summed E-state index contributed by atoms with van der Waals surface area (Å²) in [6.07, 6.45) is 2.47. The Balaban J connectivity index is 1.63. The summed E-state index contributed by atoms with van der Waals surface area (Å²) in [7, 11) is 0. The van der Waals surface area contributed by atoms with Crippen LogP contribution >= 0.6 is 0 Å². The second-order valence-corrected chi connectivity index (χ2v) is 4.66. The molecular formula is C11H23N3O. The van der Waals surface area contributed by atoms with Crippen molar-refractivity contribution >= 4 is 0 Å². The summed E-state index contributed by atoms with van der Waals surface area (Å²) in [6.45, 7) is 8.67. The first-order valence-electron chi connectivity index (χ1n) is 6.12. The van der Waals surface area contributed by atoms with Crippen LogP contribution < -0.4 is 5.73 Å². The molecule has 0 spiro atoms. The highest BCUT2D eigenvalue weighted by molar-refractivity contribution is 4.76. The second kappa shape index (κ2) is 5.80. The van der Waals surface area contributed by atoms with Crippen molar-refractivity contribution in [3.63, 3.8) is 0 Å². The monoisotopic (exact) mass is 213 g/mol. The molecule has 0 aliphatic carbocycles. The van der Waals surface area contributed by atoms with Crippen molar-refractivity contribution in [1.82, 2.24) is 9.80 Å². The van der Waals surface area contributed by atoms with Crippen molar-refractivity contribution in [2.75, 3.05) is 52.5 Å². The van der Waals surface area contributed by atoms with Crippen molar-refractivity contribution in [3.8, 4) is 0 Å². The Morgan fingerprint density at radius 3 is 2.53 bits per heavy atom. The number of hydrogen-bond donors (Lipinski definition) is 1. The van der Waals surface area contributed by atoms with Gasteiger partial charge in [-0.1, -0.05) is 0 Å². The van der Waals surface area contributed by atoms with Crippen molar-refractivity contribution in [2.24, 2.45) is 5.73 Å². The zero-order valence-corrected chi connectivity index (χ0v) is 9.53. The smallest absolute Gasteiger partial charge is 0.0594 e. The molecule has 0 aromatic heterocycles. The lowest BCUT2D eigenvalue weighted by atomic mass is 10.1. The van der Waals surface area contributed by atoms with E-state index in [1.807, 2.05) is 0 Å². The maximum atomic E-state index is 5.96. The van der Waals surface area contributed by atoms with Crippen LogP contribution in [-0.2, 0) is 4.74 Å². The molecule has 2 aliphatic rings. The third-order valence-corrected chi connectivity index (χ3v) is 3.38. The molecule has 2 aliphatic heterocycles. The molecule has 15 heavy (non-hydrogen) atoms. The largest absolute Gasteiger partial charge is 0.379 e. The van der Waals surface area contributed by atoms with Gasteiger partial charge in [0.15, 0.2) is 0 Å². The second-order valence-electron chi connectivity index (χ2n) is 4.66. The van der Waals surface area contributed by atoms with Gasteiger partial charge in [0, 0.05) is 38.8 Å². The Morgan fingerprint density at radius 1 is 1.07 bits per heavy atom. The van der Waals surface area contributed by atoms with Crippen LogP contribution in [0.4, 0.5) is 0 Å². The van der Waals surface area contributed by atoms with Gasteiger partial charge in [0.25, 0.3) is 0 Å². The van der Waals surface area contributed by atoms with Gasteiger partial charge in [-0.25, -0.2) is 0 Å². The molecule has 2 rings (SSSR count). The number of morpholine rings is 1. The van der Waals surface area contributed by atoms with Gasteiger partial charge in [-0.05, 0) is 19.4 Å². The van der Waals surface area contributed by atoms with Gasteiger partial charge in [0.2, 0.25) is 0 Å². The average molecular weight is 213 g/mol. The molecule has 2 fully saturated rings. The summed E-state index contributed by atoms with van der Waals surface area (Å²) in [5.74, 6) is 0. The van der Waals surface area contributed by atoms with E-state index in [-0.39, 0.29) is 0 Å². The Bertz CT molecular complexity index is 183. The average Bonchev–Trinajstić information content (AvgIpc) is 2.28. The minimum absolute atomic E-state index is 0.406. The fourth-order valence-electron chi connectivity index (χ4n) is 2.40. The van der Waals surface area contributed by atoms with Crippen LogP contribution in [0, 0.1) is 0 Å². The van der Waals surface area contributed by atoms with Gasteiger partial charge in [-0.2, -0.15) is 0 Å². The lowest BCUT2D eigenvalue weighted by Crippen LogP contribution is -2.47. The van der Waals surface area contributed by atoms with Gasteiger partial charge in [-0.15, -0.1) is 0 Å². The Kier molecular flexibility index (Phi) is 4.38. The maximum absolute atomic E-state index is 5.96. The van der Waals surface area contributed by atoms with E-state index in [0.717, 1.165) is 32.8 Å². The summed E-state index contributed by atoms with van der Waals surface area (Å²) in [4.78, 5) is 4.99. The van der Waals surface area contributed by atoms with Gasteiger partial charge < -0.3 is 15.4 Å². The van der Waals surface area contributed by atoms with Crippen molar-refractivity contribution in [3.05, 3.63) is 0 Å². The summed E-state index contributed by atoms with van der Waals surface area (Å²) < 4.78 is 5.33. The van der Waals surface area contributed by atoms with Crippen molar-refractivity contribution < 1.29 is 4.74 Å². The molecule has 1 atom stereocenters. The highest BCUT2D eigenvalue weighted by atomic mass is 16.5. The highest BCUT2D eigenvalue weighted by Crippen LogP contribution is 2.08. The van der Waals surface area contributed by atoms with Gasteiger partial charge in [0.1, 0.15) is 0 Å². The summed E-state index contributed by atoms with van der Waals surface area (Å²) >= 11 is 0. The number of nitrogens with zero attached hydrogens (tertiary/aromatic N) is 2. The van der Waals surface area contributed by atoms with Crippen molar-refractivity contribution in [1.29, 1.82) is 0 Å². The predicted molar refractivity (Wildman–Crippen MR) is 60.9 cm³/mol. The SMILES string of the molecule is NC1CCCN(CCN2CCOCC2)C1. The Labute approximate surface area is 92.4 Å². The molecule has 2 N–H and O–H groups in total. The predicted octanol–water partition coefficient (Wildman–Crippen LogP) is -0.258. The van der Waals surface area contributed by atoms with E-state index in [1.165, 1.54) is 32.5 Å². The minimum Gasteiger partial charge on any atom is -0.379 e. The highest BCUT2D eigenvalue weighted by Gasteiger charge is 2.17.